The van der Waals surface area contributed by atoms with E-state index in [2.05, 4.69) is 20.4 Å². The number of aromatic amines is 1. The Bertz CT molecular complexity index is 1160. The van der Waals surface area contributed by atoms with Crippen LogP contribution in [-0.2, 0) is 4.79 Å². The van der Waals surface area contributed by atoms with Gasteiger partial charge in [-0.05, 0) is 19.1 Å². The highest BCUT2D eigenvalue weighted by Crippen LogP contribution is 2.22. The number of amides is 3. The lowest BCUT2D eigenvalue weighted by molar-refractivity contribution is -0.116. The van der Waals surface area contributed by atoms with Crippen molar-refractivity contribution in [3.05, 3.63) is 56.5 Å². The van der Waals surface area contributed by atoms with Crippen LogP contribution in [0.5, 0.6) is 0 Å². The highest BCUT2D eigenvalue weighted by molar-refractivity contribution is 6.31. The standard InChI is InChI=1S/C16H11ClN6O4/c1-7-11(17)14(27)23-16(18-7)20-15(21-23)19-10(24)6-22-12(25)8-4-2-3-5-9(8)13(22)26/h2-5H,6H2,1H3,(H2,18,19,20,21,24). The number of aryl methyl sites for hydroxylation is 1. The van der Waals surface area contributed by atoms with Crippen molar-refractivity contribution in [2.24, 2.45) is 0 Å². The van der Waals surface area contributed by atoms with Crippen LogP contribution in [0, 0.1) is 6.92 Å². The average Bonchev–Trinajstić information content (AvgIpc) is 3.14. The monoisotopic (exact) mass is 386 g/mol. The van der Waals surface area contributed by atoms with E-state index in [1.54, 1.807) is 19.1 Å². The van der Waals surface area contributed by atoms with E-state index in [4.69, 9.17) is 11.6 Å². The van der Waals surface area contributed by atoms with Gasteiger partial charge in [0.05, 0.1) is 16.8 Å². The Morgan fingerprint density at radius 3 is 2.41 bits per heavy atom. The third-order valence-electron chi connectivity index (χ3n) is 4.04. The molecule has 1 aromatic carbocycles. The number of H-pyrrole nitrogens is 1. The van der Waals surface area contributed by atoms with Crippen LogP contribution in [0.2, 0.25) is 5.02 Å². The van der Waals surface area contributed by atoms with Crippen molar-refractivity contribution < 1.29 is 14.4 Å². The summed E-state index contributed by atoms with van der Waals surface area (Å²) in [5.41, 5.74) is 0.240. The van der Waals surface area contributed by atoms with Gasteiger partial charge >= 0.3 is 0 Å². The largest absolute Gasteiger partial charge is 0.293 e. The average molecular weight is 387 g/mol. The predicted octanol–water partition coefficient (Wildman–Crippen LogP) is 0.614. The molecule has 0 bridgehead atoms. The van der Waals surface area contributed by atoms with Gasteiger partial charge in [-0.25, -0.2) is 4.98 Å². The van der Waals surface area contributed by atoms with Gasteiger partial charge in [0.2, 0.25) is 11.9 Å². The Labute approximate surface area is 155 Å². The molecule has 3 aromatic rings. The van der Waals surface area contributed by atoms with Crippen molar-refractivity contribution in [3.8, 4) is 0 Å². The highest BCUT2D eigenvalue weighted by atomic mass is 35.5. The summed E-state index contributed by atoms with van der Waals surface area (Å²) < 4.78 is 0.979. The van der Waals surface area contributed by atoms with Gasteiger partial charge in [0.1, 0.15) is 11.6 Å². The van der Waals surface area contributed by atoms with Crippen LogP contribution in [0.4, 0.5) is 5.95 Å². The van der Waals surface area contributed by atoms with E-state index < -0.39 is 29.8 Å². The molecule has 136 valence electrons. The number of anilines is 1. The van der Waals surface area contributed by atoms with Crippen molar-refractivity contribution in [1.29, 1.82) is 0 Å². The lowest BCUT2D eigenvalue weighted by Crippen LogP contribution is -2.37. The van der Waals surface area contributed by atoms with Crippen molar-refractivity contribution in [2.75, 3.05) is 11.9 Å². The number of halogens is 1. The Kier molecular flexibility index (Phi) is 3.77. The number of nitrogens with one attached hydrogen (secondary N) is 2. The summed E-state index contributed by atoms with van der Waals surface area (Å²) in [5, 5.41) is 4.88. The molecule has 0 unspecified atom stereocenters. The van der Waals surface area contributed by atoms with Crippen molar-refractivity contribution in [1.82, 2.24) is 24.5 Å². The van der Waals surface area contributed by atoms with E-state index in [-0.39, 0.29) is 27.9 Å². The number of hydrogen-bond acceptors (Lipinski definition) is 6. The Hall–Kier alpha value is -3.53. The normalized spacial score (nSPS) is 13.3. The van der Waals surface area contributed by atoms with E-state index in [0.29, 0.717) is 5.69 Å². The zero-order chi connectivity index (χ0) is 19.3. The molecule has 0 aliphatic carbocycles. The SMILES string of the molecule is Cc1nc2nc(NC(=O)CN3C(=O)c4ccccc4C3=O)[nH]n2c(=O)c1Cl. The molecule has 27 heavy (non-hydrogen) atoms. The summed E-state index contributed by atoms with van der Waals surface area (Å²) in [7, 11) is 0. The molecule has 1 aliphatic heterocycles. The van der Waals surface area contributed by atoms with Gasteiger partial charge in [-0.3, -0.25) is 34.5 Å². The van der Waals surface area contributed by atoms with Crippen molar-refractivity contribution in [3.63, 3.8) is 0 Å². The summed E-state index contributed by atoms with van der Waals surface area (Å²) >= 11 is 5.85. The van der Waals surface area contributed by atoms with Crippen LogP contribution in [0.3, 0.4) is 0 Å². The predicted molar refractivity (Wildman–Crippen MR) is 93.8 cm³/mol. The summed E-state index contributed by atoms with van der Waals surface area (Å²) in [4.78, 5) is 57.7. The van der Waals surface area contributed by atoms with E-state index in [9.17, 15) is 19.2 Å². The van der Waals surface area contributed by atoms with Gasteiger partial charge in [0.25, 0.3) is 23.2 Å². The van der Waals surface area contributed by atoms with Crippen LogP contribution in [0.25, 0.3) is 5.78 Å². The summed E-state index contributed by atoms with van der Waals surface area (Å²) in [5.74, 6) is -1.80. The van der Waals surface area contributed by atoms with E-state index in [1.165, 1.54) is 12.1 Å². The fourth-order valence-corrected chi connectivity index (χ4v) is 2.88. The third-order valence-corrected chi connectivity index (χ3v) is 4.48. The summed E-state index contributed by atoms with van der Waals surface area (Å²) in [6.45, 7) is 1.06. The first kappa shape index (κ1) is 16.9. The second-order valence-corrected chi connectivity index (χ2v) is 6.19. The minimum absolute atomic E-state index is 0.0259. The molecule has 0 saturated heterocycles. The Morgan fingerprint density at radius 2 is 1.78 bits per heavy atom. The number of aromatic nitrogens is 4. The van der Waals surface area contributed by atoms with Gasteiger partial charge in [-0.15, -0.1) is 0 Å². The number of carbonyl (C=O) groups is 3. The fourth-order valence-electron chi connectivity index (χ4n) is 2.75. The molecule has 0 fully saturated rings. The van der Waals surface area contributed by atoms with Crippen LogP contribution >= 0.6 is 11.6 Å². The molecule has 1 aliphatic rings. The van der Waals surface area contributed by atoms with E-state index in [1.807, 2.05) is 0 Å². The van der Waals surface area contributed by atoms with Gasteiger partial charge in [-0.2, -0.15) is 9.50 Å². The van der Waals surface area contributed by atoms with Crippen LogP contribution < -0.4 is 10.9 Å². The molecule has 3 amide bonds. The second kappa shape index (κ2) is 6.02. The lowest BCUT2D eigenvalue weighted by Gasteiger charge is -2.12. The zero-order valence-corrected chi connectivity index (χ0v) is 14.6. The van der Waals surface area contributed by atoms with E-state index in [0.717, 1.165) is 9.42 Å². The molecule has 11 heteroatoms. The first-order valence-corrected chi connectivity index (χ1v) is 8.14. The Morgan fingerprint density at radius 1 is 1.15 bits per heavy atom. The fraction of sp³-hybridized carbons (Fsp3) is 0.125. The zero-order valence-electron chi connectivity index (χ0n) is 13.8. The second-order valence-electron chi connectivity index (χ2n) is 5.81. The van der Waals surface area contributed by atoms with Crippen LogP contribution in [0.15, 0.2) is 29.1 Å². The number of rotatable bonds is 3. The van der Waals surface area contributed by atoms with Crippen LogP contribution in [0.1, 0.15) is 26.4 Å². The van der Waals surface area contributed by atoms with Gasteiger partial charge in [0.15, 0.2) is 0 Å². The molecule has 0 spiro atoms. The number of benzene rings is 1. The van der Waals surface area contributed by atoms with Gasteiger partial charge < -0.3 is 0 Å². The first-order valence-electron chi connectivity index (χ1n) is 7.77. The highest BCUT2D eigenvalue weighted by Gasteiger charge is 2.36. The molecule has 2 aromatic heterocycles. The minimum atomic E-state index is -0.667. The quantitative estimate of drug-likeness (QED) is 0.634. The number of fused-ring (bicyclic) bond motifs is 2. The topological polar surface area (TPSA) is 130 Å². The molecule has 0 radical (unpaired) electrons. The van der Waals surface area contributed by atoms with E-state index >= 15 is 0 Å². The number of nitrogens with zero attached hydrogens (tertiary/aromatic N) is 4. The van der Waals surface area contributed by atoms with Crippen molar-refractivity contribution >= 4 is 41.0 Å². The van der Waals surface area contributed by atoms with Crippen LogP contribution in [-0.4, -0.2) is 48.7 Å². The third kappa shape index (κ3) is 2.66. The summed E-state index contributed by atoms with van der Waals surface area (Å²) in [6, 6.07) is 6.33. The molecule has 10 nitrogen and oxygen atoms in total. The minimum Gasteiger partial charge on any atom is -0.293 e. The lowest BCUT2D eigenvalue weighted by atomic mass is 10.1. The maximum absolute atomic E-state index is 12.3. The molecular weight excluding hydrogens is 376 g/mol. The Balaban J connectivity index is 1.55. The van der Waals surface area contributed by atoms with Gasteiger partial charge in [-0.1, -0.05) is 23.7 Å². The molecular formula is C16H11ClN6O4. The van der Waals surface area contributed by atoms with Gasteiger partial charge in [0, 0.05) is 0 Å². The number of imide groups is 1. The maximum atomic E-state index is 12.3. The molecule has 2 N–H and O–H groups in total. The maximum Gasteiger partial charge on any atom is 0.293 e. The molecule has 3 heterocycles. The van der Waals surface area contributed by atoms with Crippen molar-refractivity contribution in [2.45, 2.75) is 6.92 Å². The number of hydrogen-bond donors (Lipinski definition) is 2. The number of carbonyl (C=O) groups excluding carboxylic acids is 3. The summed E-state index contributed by atoms with van der Waals surface area (Å²) in [6.07, 6.45) is 0. The molecule has 0 atom stereocenters. The molecule has 4 rings (SSSR count). The first-order chi connectivity index (χ1) is 12.9. The molecule has 0 saturated carbocycles. The smallest absolute Gasteiger partial charge is 0.293 e.